The Morgan fingerprint density at radius 1 is 0.696 bits per heavy atom. The van der Waals surface area contributed by atoms with Crippen LogP contribution in [-0.4, -0.2) is 11.6 Å². The summed E-state index contributed by atoms with van der Waals surface area (Å²) in [7, 11) is 4.31. The minimum Gasteiger partial charge on any atom is -0.344 e. The lowest BCUT2D eigenvalue weighted by atomic mass is 10.1. The molecule has 3 heteroatoms. The highest BCUT2D eigenvalue weighted by atomic mass is 32.2. The van der Waals surface area contributed by atoms with Gasteiger partial charge in [0.1, 0.15) is 0 Å². The molecule has 0 saturated heterocycles. The first-order chi connectivity index (χ1) is 11.2. The summed E-state index contributed by atoms with van der Waals surface area (Å²) < 4.78 is 2.30. The van der Waals surface area contributed by atoms with Gasteiger partial charge in [-0.2, -0.15) is 0 Å². The number of aromatic nitrogens is 1. The van der Waals surface area contributed by atoms with Gasteiger partial charge in [0.25, 0.3) is 0 Å². The number of benzene rings is 3. The Labute approximate surface area is 139 Å². The summed E-state index contributed by atoms with van der Waals surface area (Å²) in [4.78, 5) is 4.95. The maximum absolute atomic E-state index is 2.35. The van der Waals surface area contributed by atoms with Crippen molar-refractivity contribution in [1.29, 1.82) is 0 Å². The van der Waals surface area contributed by atoms with Crippen LogP contribution in [0, 0.1) is 0 Å². The van der Waals surface area contributed by atoms with E-state index in [2.05, 4.69) is 84.2 Å². The van der Waals surface area contributed by atoms with E-state index in [-0.39, 0.29) is 0 Å². The summed E-state index contributed by atoms with van der Waals surface area (Å²) in [6.07, 6.45) is 0. The summed E-state index contributed by atoms with van der Waals surface area (Å²) in [6.45, 7) is 0. The van der Waals surface area contributed by atoms with Crippen molar-refractivity contribution in [2.45, 2.75) is 9.79 Å². The van der Waals surface area contributed by atoms with Gasteiger partial charge in [-0.05, 0) is 30.3 Å². The van der Waals surface area contributed by atoms with E-state index in [0.29, 0.717) is 0 Å². The maximum atomic E-state index is 2.35. The standard InChI is InChI=1S/C20H16N2S/c1-21-15-8-4-3-7-13(15)14-11-20-18(12-17(14)21)22(2)16-9-5-6-10-19(16)23-20/h3-12H,1-2H3. The van der Waals surface area contributed by atoms with Crippen LogP contribution in [-0.2, 0) is 7.05 Å². The molecule has 0 radical (unpaired) electrons. The predicted octanol–water partition coefficient (Wildman–Crippen LogP) is 5.56. The van der Waals surface area contributed by atoms with Crippen molar-refractivity contribution in [1.82, 2.24) is 4.57 Å². The molecule has 0 aliphatic carbocycles. The van der Waals surface area contributed by atoms with E-state index < -0.39 is 0 Å². The van der Waals surface area contributed by atoms with Crippen LogP contribution in [0.5, 0.6) is 0 Å². The number of nitrogens with zero attached hydrogens (tertiary/aromatic N) is 2. The van der Waals surface area contributed by atoms with Crippen molar-refractivity contribution in [3.63, 3.8) is 0 Å². The van der Waals surface area contributed by atoms with Crippen molar-refractivity contribution in [2.24, 2.45) is 7.05 Å². The molecule has 1 aliphatic rings. The van der Waals surface area contributed by atoms with Gasteiger partial charge < -0.3 is 9.47 Å². The summed E-state index contributed by atoms with van der Waals surface area (Å²) >= 11 is 1.87. The molecule has 2 nitrogen and oxygen atoms in total. The van der Waals surface area contributed by atoms with Crippen LogP contribution in [0.2, 0.25) is 0 Å². The molecule has 3 aromatic carbocycles. The molecule has 1 aromatic heterocycles. The Morgan fingerprint density at radius 3 is 2.39 bits per heavy atom. The van der Waals surface area contributed by atoms with Gasteiger partial charge in [0.15, 0.2) is 0 Å². The third-order valence-corrected chi connectivity index (χ3v) is 5.91. The largest absolute Gasteiger partial charge is 0.344 e. The molecule has 23 heavy (non-hydrogen) atoms. The van der Waals surface area contributed by atoms with E-state index in [0.717, 1.165) is 0 Å². The third kappa shape index (κ3) is 1.71. The number of para-hydroxylation sites is 2. The van der Waals surface area contributed by atoms with E-state index in [9.17, 15) is 0 Å². The van der Waals surface area contributed by atoms with Gasteiger partial charge in [0.2, 0.25) is 0 Å². The first-order valence-corrected chi connectivity index (χ1v) is 8.57. The number of fused-ring (bicyclic) bond motifs is 5. The molecule has 4 aromatic rings. The van der Waals surface area contributed by atoms with Crippen molar-refractivity contribution in [3.05, 3.63) is 60.7 Å². The minimum atomic E-state index is 1.28. The quantitative estimate of drug-likeness (QED) is 0.419. The normalized spacial score (nSPS) is 13.4. The number of rotatable bonds is 0. The second kappa shape index (κ2) is 4.56. The molecule has 0 amide bonds. The molecule has 0 bridgehead atoms. The first kappa shape index (κ1) is 13.1. The zero-order chi connectivity index (χ0) is 15.6. The van der Waals surface area contributed by atoms with Crippen molar-refractivity contribution < 1.29 is 0 Å². The number of hydrogen-bond donors (Lipinski definition) is 0. The Balaban J connectivity index is 1.85. The molecule has 1 aliphatic heterocycles. The van der Waals surface area contributed by atoms with Crippen LogP contribution >= 0.6 is 11.8 Å². The summed E-state index contributed by atoms with van der Waals surface area (Å²) in [5, 5.41) is 2.66. The van der Waals surface area contributed by atoms with E-state index in [1.54, 1.807) is 0 Å². The first-order valence-electron chi connectivity index (χ1n) is 7.76. The number of aryl methyl sites for hydroxylation is 1. The van der Waals surface area contributed by atoms with Gasteiger partial charge in [-0.3, -0.25) is 0 Å². The van der Waals surface area contributed by atoms with Gasteiger partial charge in [-0.25, -0.2) is 0 Å². The number of hydrogen-bond acceptors (Lipinski definition) is 2. The number of anilines is 2. The van der Waals surface area contributed by atoms with Crippen LogP contribution in [0.25, 0.3) is 21.8 Å². The van der Waals surface area contributed by atoms with Gasteiger partial charge in [0, 0.05) is 40.2 Å². The minimum absolute atomic E-state index is 1.28. The van der Waals surface area contributed by atoms with E-state index in [1.807, 2.05) is 11.8 Å². The van der Waals surface area contributed by atoms with E-state index in [4.69, 9.17) is 0 Å². The topological polar surface area (TPSA) is 8.17 Å². The molecule has 112 valence electrons. The summed E-state index contributed by atoms with van der Waals surface area (Å²) in [5.41, 5.74) is 5.14. The molecule has 2 heterocycles. The van der Waals surface area contributed by atoms with E-state index >= 15 is 0 Å². The SMILES string of the molecule is CN1c2ccccc2Sc2cc3c4ccccc4n(C)c3cc21. The van der Waals surface area contributed by atoms with Crippen molar-refractivity contribution >= 4 is 44.9 Å². The molecule has 0 saturated carbocycles. The summed E-state index contributed by atoms with van der Waals surface area (Å²) in [6, 6.07) is 21.9. The van der Waals surface area contributed by atoms with Crippen LogP contribution in [0.4, 0.5) is 11.4 Å². The molecule has 0 unspecified atom stereocenters. The molecular weight excluding hydrogens is 300 g/mol. The lowest BCUT2D eigenvalue weighted by molar-refractivity contribution is 1.01. The second-order valence-electron chi connectivity index (χ2n) is 6.04. The average Bonchev–Trinajstić information content (AvgIpc) is 2.87. The summed E-state index contributed by atoms with van der Waals surface area (Å²) in [5.74, 6) is 0. The molecule has 0 spiro atoms. The zero-order valence-electron chi connectivity index (χ0n) is 13.1. The average molecular weight is 316 g/mol. The molecule has 0 fully saturated rings. The van der Waals surface area contributed by atoms with Crippen molar-refractivity contribution in [3.8, 4) is 0 Å². The van der Waals surface area contributed by atoms with Gasteiger partial charge in [-0.15, -0.1) is 0 Å². The lowest BCUT2D eigenvalue weighted by Crippen LogP contribution is -2.14. The Kier molecular flexibility index (Phi) is 2.59. The highest BCUT2D eigenvalue weighted by Gasteiger charge is 2.22. The lowest BCUT2D eigenvalue weighted by Gasteiger charge is -2.29. The fraction of sp³-hybridized carbons (Fsp3) is 0.100. The van der Waals surface area contributed by atoms with Crippen LogP contribution < -0.4 is 4.90 Å². The monoisotopic (exact) mass is 316 g/mol. The van der Waals surface area contributed by atoms with Crippen molar-refractivity contribution in [2.75, 3.05) is 11.9 Å². The molecule has 0 atom stereocenters. The predicted molar refractivity (Wildman–Crippen MR) is 99.1 cm³/mol. The third-order valence-electron chi connectivity index (χ3n) is 4.80. The van der Waals surface area contributed by atoms with Gasteiger partial charge >= 0.3 is 0 Å². The highest BCUT2D eigenvalue weighted by Crippen LogP contribution is 2.49. The smallest absolute Gasteiger partial charge is 0.0571 e. The Hall–Kier alpha value is -2.39. The zero-order valence-corrected chi connectivity index (χ0v) is 13.9. The fourth-order valence-electron chi connectivity index (χ4n) is 3.59. The van der Waals surface area contributed by atoms with Gasteiger partial charge in [0.05, 0.1) is 16.9 Å². The molecule has 5 rings (SSSR count). The Bertz CT molecular complexity index is 1080. The van der Waals surface area contributed by atoms with Gasteiger partial charge in [-0.1, -0.05) is 42.1 Å². The second-order valence-corrected chi connectivity index (χ2v) is 7.13. The molecular formula is C20H16N2S. The maximum Gasteiger partial charge on any atom is 0.0571 e. The highest BCUT2D eigenvalue weighted by molar-refractivity contribution is 7.99. The fourth-order valence-corrected chi connectivity index (χ4v) is 4.76. The van der Waals surface area contributed by atoms with Crippen LogP contribution in [0.15, 0.2) is 70.5 Å². The van der Waals surface area contributed by atoms with Crippen LogP contribution in [0.3, 0.4) is 0 Å². The van der Waals surface area contributed by atoms with E-state index in [1.165, 1.54) is 43.0 Å². The molecule has 0 N–H and O–H groups in total. The van der Waals surface area contributed by atoms with Crippen LogP contribution in [0.1, 0.15) is 0 Å². The Morgan fingerprint density at radius 2 is 1.48 bits per heavy atom.